The number of furan rings is 1. The number of amides is 1. The van der Waals surface area contributed by atoms with Crippen molar-refractivity contribution in [1.29, 1.82) is 0 Å². The molecule has 0 atom stereocenters. The molecule has 6 heteroatoms. The first-order chi connectivity index (χ1) is 11.7. The molecule has 5 nitrogen and oxygen atoms in total. The minimum absolute atomic E-state index is 0.142. The van der Waals surface area contributed by atoms with Crippen LogP contribution in [0.25, 0.3) is 11.3 Å². The van der Waals surface area contributed by atoms with Gasteiger partial charge in [0.15, 0.2) is 6.61 Å². The molecule has 0 saturated carbocycles. The van der Waals surface area contributed by atoms with Crippen LogP contribution in [-0.2, 0) is 11.3 Å². The Morgan fingerprint density at radius 1 is 1.21 bits per heavy atom. The molecule has 3 rings (SSSR count). The Morgan fingerprint density at radius 3 is 2.79 bits per heavy atom. The molecule has 0 aliphatic heterocycles. The van der Waals surface area contributed by atoms with Gasteiger partial charge < -0.3 is 14.5 Å². The van der Waals surface area contributed by atoms with Crippen molar-refractivity contribution < 1.29 is 18.3 Å². The third kappa shape index (κ3) is 4.19. The van der Waals surface area contributed by atoms with Gasteiger partial charge in [-0.2, -0.15) is 0 Å². The van der Waals surface area contributed by atoms with Gasteiger partial charge in [-0.25, -0.2) is 4.39 Å². The van der Waals surface area contributed by atoms with Crippen LogP contribution in [0.3, 0.4) is 0 Å². The first kappa shape index (κ1) is 15.7. The van der Waals surface area contributed by atoms with Gasteiger partial charge in [0.1, 0.15) is 17.3 Å². The highest BCUT2D eigenvalue weighted by molar-refractivity contribution is 5.77. The molecule has 0 unspecified atom stereocenters. The molecule has 122 valence electrons. The Bertz CT molecular complexity index is 801. The maximum atomic E-state index is 12.8. The van der Waals surface area contributed by atoms with E-state index in [-0.39, 0.29) is 18.3 Å². The summed E-state index contributed by atoms with van der Waals surface area (Å²) in [6.45, 7) is 0.185. The summed E-state index contributed by atoms with van der Waals surface area (Å²) in [5.41, 5.74) is 1.69. The lowest BCUT2D eigenvalue weighted by Crippen LogP contribution is -2.28. The minimum Gasteiger partial charge on any atom is -0.484 e. The lowest BCUT2D eigenvalue weighted by atomic mass is 10.1. The smallest absolute Gasteiger partial charge is 0.258 e. The van der Waals surface area contributed by atoms with Gasteiger partial charge >= 0.3 is 0 Å². The minimum atomic E-state index is -0.351. The molecule has 0 saturated heterocycles. The van der Waals surface area contributed by atoms with Gasteiger partial charge in [-0.05, 0) is 48.0 Å². The molecule has 1 N–H and O–H groups in total. The normalized spacial score (nSPS) is 10.4. The summed E-state index contributed by atoms with van der Waals surface area (Å²) in [6.07, 6.45) is 4.96. The number of hydrogen-bond donors (Lipinski definition) is 1. The monoisotopic (exact) mass is 326 g/mol. The van der Waals surface area contributed by atoms with Crippen LogP contribution in [0.1, 0.15) is 5.56 Å². The first-order valence-electron chi connectivity index (χ1n) is 7.33. The highest BCUT2D eigenvalue weighted by atomic mass is 19.1. The quantitative estimate of drug-likeness (QED) is 0.756. The first-order valence-corrected chi connectivity index (χ1v) is 7.33. The molecule has 0 radical (unpaired) electrons. The molecular formula is C18H15FN2O3. The zero-order valence-electron chi connectivity index (χ0n) is 12.7. The molecule has 3 aromatic rings. The topological polar surface area (TPSA) is 64.4 Å². The fourth-order valence-corrected chi connectivity index (χ4v) is 2.09. The van der Waals surface area contributed by atoms with Gasteiger partial charge in [0.05, 0.1) is 6.26 Å². The Labute approximate surface area is 138 Å². The summed E-state index contributed by atoms with van der Waals surface area (Å²) in [4.78, 5) is 16.0. The zero-order chi connectivity index (χ0) is 16.8. The van der Waals surface area contributed by atoms with Crippen molar-refractivity contribution >= 4 is 5.91 Å². The van der Waals surface area contributed by atoms with Crippen LogP contribution < -0.4 is 10.1 Å². The average Bonchev–Trinajstić information content (AvgIpc) is 3.14. The van der Waals surface area contributed by atoms with E-state index in [1.54, 1.807) is 24.7 Å². The number of halogens is 1. The van der Waals surface area contributed by atoms with Crippen molar-refractivity contribution in [2.24, 2.45) is 0 Å². The van der Waals surface area contributed by atoms with Crippen molar-refractivity contribution in [3.63, 3.8) is 0 Å². The largest absolute Gasteiger partial charge is 0.484 e. The van der Waals surface area contributed by atoms with E-state index < -0.39 is 0 Å². The number of hydrogen-bond acceptors (Lipinski definition) is 4. The summed E-state index contributed by atoms with van der Waals surface area (Å²) in [7, 11) is 0. The number of benzene rings is 1. The molecule has 0 aliphatic carbocycles. The van der Waals surface area contributed by atoms with Gasteiger partial charge in [0.25, 0.3) is 5.91 Å². The van der Waals surface area contributed by atoms with Gasteiger partial charge in [-0.1, -0.05) is 0 Å². The van der Waals surface area contributed by atoms with Gasteiger partial charge in [0.2, 0.25) is 0 Å². The fraction of sp³-hybridized carbons (Fsp3) is 0.111. The Balaban J connectivity index is 1.51. The van der Waals surface area contributed by atoms with Crippen LogP contribution in [0, 0.1) is 5.82 Å². The molecule has 24 heavy (non-hydrogen) atoms. The maximum Gasteiger partial charge on any atom is 0.258 e. The van der Waals surface area contributed by atoms with E-state index in [0.717, 1.165) is 16.9 Å². The van der Waals surface area contributed by atoms with E-state index in [9.17, 15) is 9.18 Å². The summed E-state index contributed by atoms with van der Waals surface area (Å²) < 4.78 is 23.4. The lowest BCUT2D eigenvalue weighted by Gasteiger charge is -2.08. The number of rotatable bonds is 6. The third-order valence-electron chi connectivity index (χ3n) is 3.27. The van der Waals surface area contributed by atoms with Gasteiger partial charge in [-0.15, -0.1) is 0 Å². The second kappa shape index (κ2) is 7.41. The Morgan fingerprint density at radius 2 is 2.04 bits per heavy atom. The van der Waals surface area contributed by atoms with Gasteiger partial charge in [0, 0.05) is 24.5 Å². The lowest BCUT2D eigenvalue weighted by molar-refractivity contribution is -0.123. The molecule has 0 aliphatic rings. The number of carbonyl (C=O) groups is 1. The molecule has 0 fully saturated rings. The SMILES string of the molecule is O=C(COc1ccc(F)cc1)NCc1cncc(-c2ccco2)c1. The van der Waals surface area contributed by atoms with Crippen LogP contribution in [0.2, 0.25) is 0 Å². The number of pyridine rings is 1. The van der Waals surface area contributed by atoms with Crippen molar-refractivity contribution in [3.05, 3.63) is 72.5 Å². The second-order valence-electron chi connectivity index (χ2n) is 5.08. The second-order valence-corrected chi connectivity index (χ2v) is 5.08. The van der Waals surface area contributed by atoms with E-state index >= 15 is 0 Å². The summed E-state index contributed by atoms with van der Waals surface area (Å²) in [5, 5.41) is 2.74. The van der Waals surface area contributed by atoms with Gasteiger partial charge in [-0.3, -0.25) is 9.78 Å². The number of ether oxygens (including phenoxy) is 1. The Kier molecular flexibility index (Phi) is 4.86. The Hall–Kier alpha value is -3.15. The van der Waals surface area contributed by atoms with Crippen LogP contribution in [0.15, 0.2) is 65.5 Å². The van der Waals surface area contributed by atoms with Crippen molar-refractivity contribution in [3.8, 4) is 17.1 Å². The zero-order valence-corrected chi connectivity index (χ0v) is 12.7. The highest BCUT2D eigenvalue weighted by Gasteiger charge is 2.06. The fourth-order valence-electron chi connectivity index (χ4n) is 2.09. The number of carbonyl (C=O) groups excluding carboxylic acids is 1. The molecule has 0 bridgehead atoms. The van der Waals surface area contributed by atoms with Crippen molar-refractivity contribution in [2.45, 2.75) is 6.54 Å². The van der Waals surface area contributed by atoms with Crippen LogP contribution >= 0.6 is 0 Å². The van der Waals surface area contributed by atoms with E-state index in [2.05, 4.69) is 10.3 Å². The van der Waals surface area contributed by atoms with E-state index in [1.807, 2.05) is 12.1 Å². The van der Waals surface area contributed by atoms with Crippen LogP contribution in [-0.4, -0.2) is 17.5 Å². The predicted octanol–water partition coefficient (Wildman–Crippen LogP) is 3.18. The molecule has 1 aromatic carbocycles. The van der Waals surface area contributed by atoms with E-state index in [0.29, 0.717) is 12.3 Å². The number of nitrogens with one attached hydrogen (secondary N) is 1. The van der Waals surface area contributed by atoms with E-state index in [1.165, 1.54) is 24.3 Å². The maximum absolute atomic E-state index is 12.8. The van der Waals surface area contributed by atoms with Crippen molar-refractivity contribution in [2.75, 3.05) is 6.61 Å². The summed E-state index contributed by atoms with van der Waals surface area (Å²) >= 11 is 0. The van der Waals surface area contributed by atoms with Crippen molar-refractivity contribution in [1.82, 2.24) is 10.3 Å². The molecule has 0 spiro atoms. The highest BCUT2D eigenvalue weighted by Crippen LogP contribution is 2.19. The summed E-state index contributed by atoms with van der Waals surface area (Å²) in [6, 6.07) is 11.0. The average molecular weight is 326 g/mol. The summed E-state index contributed by atoms with van der Waals surface area (Å²) in [5.74, 6) is 0.529. The predicted molar refractivity (Wildman–Crippen MR) is 85.7 cm³/mol. The van der Waals surface area contributed by atoms with Crippen LogP contribution in [0.5, 0.6) is 5.75 Å². The molecule has 2 heterocycles. The number of nitrogens with zero attached hydrogens (tertiary/aromatic N) is 1. The number of aromatic nitrogens is 1. The van der Waals surface area contributed by atoms with E-state index in [4.69, 9.17) is 9.15 Å². The third-order valence-corrected chi connectivity index (χ3v) is 3.27. The standard InChI is InChI=1S/C18H15FN2O3/c19-15-3-5-16(6-4-15)24-12-18(22)21-10-13-8-14(11-20-9-13)17-2-1-7-23-17/h1-9,11H,10,12H2,(H,21,22). The molecule has 1 amide bonds. The molecule has 2 aromatic heterocycles. The molecular weight excluding hydrogens is 311 g/mol. The van der Waals surface area contributed by atoms with Crippen LogP contribution in [0.4, 0.5) is 4.39 Å².